The van der Waals surface area contributed by atoms with Gasteiger partial charge in [0.25, 0.3) is 0 Å². The van der Waals surface area contributed by atoms with Gasteiger partial charge in [-0.15, -0.1) is 0 Å². The van der Waals surface area contributed by atoms with Crippen molar-refractivity contribution in [1.29, 1.82) is 0 Å². The van der Waals surface area contributed by atoms with E-state index in [-0.39, 0.29) is 22.7 Å². The number of rotatable bonds is 4. The summed E-state index contributed by atoms with van der Waals surface area (Å²) in [6, 6.07) is 29.1. The lowest BCUT2D eigenvalue weighted by atomic mass is 9.68. The third-order valence-electron chi connectivity index (χ3n) is 5.45. The zero-order valence-electron chi connectivity index (χ0n) is 14.9. The quantitative estimate of drug-likeness (QED) is 0.350. The van der Waals surface area contributed by atoms with Crippen LogP contribution in [0.1, 0.15) is 34.4 Å². The lowest BCUT2D eigenvalue weighted by Crippen LogP contribution is -2.38. The van der Waals surface area contributed by atoms with Gasteiger partial charge in [-0.3, -0.25) is 10.1 Å². The number of hydrogen-bond acceptors (Lipinski definition) is 2. The van der Waals surface area contributed by atoms with Gasteiger partial charge in [0.15, 0.2) is 0 Å². The van der Waals surface area contributed by atoms with E-state index in [0.717, 1.165) is 16.7 Å². The molecule has 27 heavy (non-hydrogen) atoms. The molecule has 1 aliphatic carbocycles. The number of allylic oxidation sites excluding steroid dienone is 1. The number of nitrogens with zero attached hydrogens (tertiary/aromatic N) is 1. The van der Waals surface area contributed by atoms with E-state index in [1.54, 1.807) is 0 Å². The maximum atomic E-state index is 12.3. The Morgan fingerprint density at radius 3 is 1.48 bits per heavy atom. The largest absolute Gasteiger partial charge is 0.264 e. The van der Waals surface area contributed by atoms with E-state index < -0.39 is 6.04 Å². The van der Waals surface area contributed by atoms with Crippen molar-refractivity contribution in [3.8, 4) is 0 Å². The fourth-order valence-electron chi connectivity index (χ4n) is 4.23. The van der Waals surface area contributed by atoms with Crippen LogP contribution in [0, 0.1) is 10.1 Å². The van der Waals surface area contributed by atoms with Crippen molar-refractivity contribution in [2.24, 2.45) is 0 Å². The Kier molecular flexibility index (Phi) is 4.84. The van der Waals surface area contributed by atoms with Crippen LogP contribution in [0.5, 0.6) is 0 Å². The van der Waals surface area contributed by atoms with Gasteiger partial charge in [-0.05, 0) is 16.7 Å². The van der Waals surface area contributed by atoms with Crippen molar-refractivity contribution in [3.63, 3.8) is 0 Å². The van der Waals surface area contributed by atoms with Gasteiger partial charge in [0.05, 0.1) is 11.8 Å². The third-order valence-corrected chi connectivity index (χ3v) is 5.45. The van der Waals surface area contributed by atoms with E-state index in [2.05, 4.69) is 18.2 Å². The van der Waals surface area contributed by atoms with Crippen molar-refractivity contribution in [2.45, 2.75) is 23.8 Å². The van der Waals surface area contributed by atoms with E-state index in [1.165, 1.54) is 0 Å². The molecule has 3 aromatic rings. The first-order chi connectivity index (χ1) is 13.3. The molecule has 0 unspecified atom stereocenters. The fourth-order valence-corrected chi connectivity index (χ4v) is 4.23. The van der Waals surface area contributed by atoms with E-state index in [0.29, 0.717) is 0 Å². The van der Waals surface area contributed by atoms with Crippen molar-refractivity contribution in [1.82, 2.24) is 0 Å². The predicted octanol–water partition coefficient (Wildman–Crippen LogP) is 5.55. The van der Waals surface area contributed by atoms with E-state index in [9.17, 15) is 10.1 Å². The van der Waals surface area contributed by atoms with Crippen LogP contribution in [0.15, 0.2) is 103 Å². The first-order valence-electron chi connectivity index (χ1n) is 9.22. The van der Waals surface area contributed by atoms with E-state index >= 15 is 0 Å². The van der Waals surface area contributed by atoms with Crippen molar-refractivity contribution < 1.29 is 4.92 Å². The van der Waals surface area contributed by atoms with Gasteiger partial charge < -0.3 is 0 Å². The second-order valence-corrected chi connectivity index (χ2v) is 6.97. The molecule has 0 amide bonds. The van der Waals surface area contributed by atoms with Crippen molar-refractivity contribution >= 4 is 0 Å². The minimum Gasteiger partial charge on any atom is -0.264 e. The number of hydrogen-bond donors (Lipinski definition) is 0. The molecule has 0 spiro atoms. The summed E-state index contributed by atoms with van der Waals surface area (Å²) in [5.41, 5.74) is 3.11. The predicted molar refractivity (Wildman–Crippen MR) is 107 cm³/mol. The van der Waals surface area contributed by atoms with Crippen LogP contribution in [-0.4, -0.2) is 11.0 Å². The molecule has 0 saturated carbocycles. The molecule has 0 radical (unpaired) electrons. The maximum absolute atomic E-state index is 12.3. The summed E-state index contributed by atoms with van der Waals surface area (Å²) in [5, 5.41) is 12.3. The molecule has 0 saturated heterocycles. The SMILES string of the molecule is O=[N+]([O-])[C@@H]1[C@@H](c2ccccc2)[C@H](c2ccccc2)C=C[C@@H]1c1ccccc1. The van der Waals surface area contributed by atoms with Crippen LogP contribution in [0.2, 0.25) is 0 Å². The highest BCUT2D eigenvalue weighted by Gasteiger charge is 2.46. The van der Waals surface area contributed by atoms with Gasteiger partial charge in [-0.2, -0.15) is 0 Å². The molecule has 0 heterocycles. The first-order valence-corrected chi connectivity index (χ1v) is 9.22. The van der Waals surface area contributed by atoms with Gasteiger partial charge >= 0.3 is 0 Å². The molecule has 0 N–H and O–H groups in total. The third kappa shape index (κ3) is 3.41. The molecule has 4 atom stereocenters. The summed E-state index contributed by atoms with van der Waals surface area (Å²) in [4.78, 5) is 12.2. The number of nitro groups is 1. The molecule has 0 fully saturated rings. The lowest BCUT2D eigenvalue weighted by molar-refractivity contribution is -0.530. The Morgan fingerprint density at radius 1 is 0.593 bits per heavy atom. The second kappa shape index (κ2) is 7.58. The average Bonchev–Trinajstić information content (AvgIpc) is 2.74. The Morgan fingerprint density at radius 2 is 1.00 bits per heavy atom. The highest BCUT2D eigenvalue weighted by atomic mass is 16.6. The van der Waals surface area contributed by atoms with E-state index in [4.69, 9.17) is 0 Å². The lowest BCUT2D eigenvalue weighted by Gasteiger charge is -2.35. The van der Waals surface area contributed by atoms with Crippen molar-refractivity contribution in [2.75, 3.05) is 0 Å². The fraction of sp³-hybridized carbons (Fsp3) is 0.167. The highest BCUT2D eigenvalue weighted by Crippen LogP contribution is 2.46. The van der Waals surface area contributed by atoms with E-state index in [1.807, 2.05) is 84.9 Å². The molecule has 4 rings (SSSR count). The smallest absolute Gasteiger partial charge is 0.230 e. The zero-order chi connectivity index (χ0) is 18.6. The van der Waals surface area contributed by atoms with Gasteiger partial charge in [-0.25, -0.2) is 0 Å². The molecule has 3 aromatic carbocycles. The molecular formula is C24H21NO2. The number of benzene rings is 3. The summed E-state index contributed by atoms with van der Waals surface area (Å²) >= 11 is 0. The second-order valence-electron chi connectivity index (χ2n) is 6.97. The van der Waals surface area contributed by atoms with Gasteiger partial charge in [0.1, 0.15) is 0 Å². The van der Waals surface area contributed by atoms with Crippen LogP contribution in [-0.2, 0) is 0 Å². The monoisotopic (exact) mass is 355 g/mol. The normalized spacial score (nSPS) is 24.4. The Bertz CT molecular complexity index is 922. The summed E-state index contributed by atoms with van der Waals surface area (Å²) < 4.78 is 0. The Hall–Kier alpha value is -3.20. The van der Waals surface area contributed by atoms with Crippen LogP contribution in [0.4, 0.5) is 0 Å². The molecule has 0 bridgehead atoms. The van der Waals surface area contributed by atoms with Crippen LogP contribution >= 0.6 is 0 Å². The standard InChI is InChI=1S/C24H21NO2/c26-25(27)24-22(19-12-6-2-7-13-19)17-16-21(18-10-4-1-5-11-18)23(24)20-14-8-3-9-15-20/h1-17,21-24H/t21-,22+,23-,24-/m0/s1. The van der Waals surface area contributed by atoms with Crippen LogP contribution in [0.25, 0.3) is 0 Å². The molecule has 0 aliphatic heterocycles. The summed E-state index contributed by atoms with van der Waals surface area (Å²) in [5.74, 6) is -0.492. The summed E-state index contributed by atoms with van der Waals surface area (Å²) in [6.07, 6.45) is 4.19. The molecule has 0 aromatic heterocycles. The first kappa shape index (κ1) is 17.2. The zero-order valence-corrected chi connectivity index (χ0v) is 14.9. The average molecular weight is 355 g/mol. The van der Waals surface area contributed by atoms with Gasteiger partial charge in [0, 0.05) is 10.8 Å². The van der Waals surface area contributed by atoms with Crippen molar-refractivity contribution in [3.05, 3.63) is 130 Å². The molecule has 3 heteroatoms. The van der Waals surface area contributed by atoms with Crippen LogP contribution in [0.3, 0.4) is 0 Å². The van der Waals surface area contributed by atoms with Gasteiger partial charge in [0.2, 0.25) is 6.04 Å². The molecule has 134 valence electrons. The maximum Gasteiger partial charge on any atom is 0.230 e. The molecule has 1 aliphatic rings. The minimum atomic E-state index is -0.718. The molecule has 3 nitrogen and oxygen atoms in total. The summed E-state index contributed by atoms with van der Waals surface area (Å²) in [6.45, 7) is 0. The topological polar surface area (TPSA) is 43.1 Å². The Balaban J connectivity index is 1.87. The molecular weight excluding hydrogens is 334 g/mol. The van der Waals surface area contributed by atoms with Crippen LogP contribution < -0.4 is 0 Å². The van der Waals surface area contributed by atoms with Gasteiger partial charge in [-0.1, -0.05) is 103 Å². The summed E-state index contributed by atoms with van der Waals surface area (Å²) in [7, 11) is 0. The highest BCUT2D eigenvalue weighted by molar-refractivity contribution is 5.39. The Labute approximate surface area is 159 Å². The minimum absolute atomic E-state index is 0.0241.